The van der Waals surface area contributed by atoms with Gasteiger partial charge in [-0.15, -0.1) is 0 Å². The third kappa shape index (κ3) is 2.64. The third-order valence-electron chi connectivity index (χ3n) is 5.70. The molecule has 2 aromatic carbocycles. The molecule has 138 valence electrons. The summed E-state index contributed by atoms with van der Waals surface area (Å²) in [6.07, 6.45) is 3.06. The number of Topliss-reactive ketones (excluding diaryl/α,β-unsaturated/α-hetero) is 1. The smallest absolute Gasteiger partial charge is 0.166 e. The molecule has 0 radical (unpaired) electrons. The molecule has 0 N–H and O–H groups in total. The van der Waals surface area contributed by atoms with E-state index in [0.717, 1.165) is 34.6 Å². The highest BCUT2D eigenvalue weighted by atomic mass is 16.1. The minimum absolute atomic E-state index is 0.149. The van der Waals surface area contributed by atoms with Crippen LogP contribution in [0.5, 0.6) is 0 Å². The zero-order valence-electron chi connectivity index (χ0n) is 16.0. The highest BCUT2D eigenvalue weighted by molar-refractivity contribution is 5.99. The number of carbonyl (C=O) groups is 1. The number of ketones is 1. The topological polar surface area (TPSA) is 47.3 Å². The van der Waals surface area contributed by atoms with Crippen LogP contribution in [0.2, 0.25) is 0 Å². The van der Waals surface area contributed by atoms with Crippen molar-refractivity contribution in [3.8, 4) is 11.1 Å². The van der Waals surface area contributed by atoms with E-state index in [1.54, 1.807) is 6.20 Å². The summed E-state index contributed by atoms with van der Waals surface area (Å²) in [4.78, 5) is 17.5. The molecule has 2 aromatic heterocycles. The number of rotatable bonds is 2. The summed E-state index contributed by atoms with van der Waals surface area (Å²) < 4.78 is 1.89. The number of nitrogens with zero attached hydrogens (tertiary/aromatic N) is 3. The van der Waals surface area contributed by atoms with Crippen molar-refractivity contribution in [1.29, 1.82) is 0 Å². The van der Waals surface area contributed by atoms with Crippen molar-refractivity contribution in [1.82, 2.24) is 14.6 Å². The molecule has 0 fully saturated rings. The lowest BCUT2D eigenvalue weighted by molar-refractivity contribution is 0.0962. The van der Waals surface area contributed by atoms with Crippen molar-refractivity contribution in [2.45, 2.75) is 32.6 Å². The molecule has 0 amide bonds. The molecule has 0 saturated heterocycles. The molecule has 5 rings (SSSR count). The first kappa shape index (κ1) is 16.9. The largest absolute Gasteiger partial charge is 0.294 e. The van der Waals surface area contributed by atoms with E-state index < -0.39 is 0 Å². The van der Waals surface area contributed by atoms with E-state index in [1.807, 2.05) is 29.6 Å². The maximum atomic E-state index is 12.9. The van der Waals surface area contributed by atoms with Gasteiger partial charge in [0.25, 0.3) is 0 Å². The highest BCUT2D eigenvalue weighted by Gasteiger charge is 2.30. The maximum Gasteiger partial charge on any atom is 0.166 e. The van der Waals surface area contributed by atoms with Crippen LogP contribution in [0, 0.1) is 13.8 Å². The van der Waals surface area contributed by atoms with Crippen molar-refractivity contribution in [3.63, 3.8) is 0 Å². The van der Waals surface area contributed by atoms with Crippen LogP contribution in [0.1, 0.15) is 45.2 Å². The van der Waals surface area contributed by atoms with Crippen molar-refractivity contribution in [3.05, 3.63) is 88.9 Å². The fourth-order valence-electron chi connectivity index (χ4n) is 4.22. The van der Waals surface area contributed by atoms with Gasteiger partial charge in [0, 0.05) is 18.2 Å². The van der Waals surface area contributed by atoms with Crippen molar-refractivity contribution in [2.75, 3.05) is 0 Å². The summed E-state index contributed by atoms with van der Waals surface area (Å²) in [6, 6.07) is 18.7. The second-order valence-corrected chi connectivity index (χ2v) is 7.62. The van der Waals surface area contributed by atoms with Gasteiger partial charge >= 0.3 is 0 Å². The average molecular weight is 367 g/mol. The quantitative estimate of drug-likeness (QED) is 0.505. The van der Waals surface area contributed by atoms with Crippen molar-refractivity contribution < 1.29 is 4.79 Å². The molecule has 2 heterocycles. The molecule has 0 aliphatic heterocycles. The van der Waals surface area contributed by atoms with Gasteiger partial charge in [-0.3, -0.25) is 4.79 Å². The van der Waals surface area contributed by atoms with E-state index >= 15 is 0 Å². The molecule has 0 bridgehead atoms. The predicted molar refractivity (Wildman–Crippen MR) is 110 cm³/mol. The summed E-state index contributed by atoms with van der Waals surface area (Å²) >= 11 is 0. The molecule has 4 heteroatoms. The van der Waals surface area contributed by atoms with Crippen LogP contribution in [0.4, 0.5) is 0 Å². The number of hydrogen-bond acceptors (Lipinski definition) is 3. The second kappa shape index (κ2) is 6.41. The first-order chi connectivity index (χ1) is 13.6. The Morgan fingerprint density at radius 2 is 1.71 bits per heavy atom. The van der Waals surface area contributed by atoms with Crippen LogP contribution in [0.25, 0.3) is 16.8 Å². The Hall–Kier alpha value is -3.27. The molecule has 1 atom stereocenters. The first-order valence-electron chi connectivity index (χ1n) is 9.64. The zero-order valence-corrected chi connectivity index (χ0v) is 16.0. The highest BCUT2D eigenvalue weighted by Crippen LogP contribution is 2.35. The number of benzene rings is 2. The second-order valence-electron chi connectivity index (χ2n) is 7.62. The Balaban J connectivity index is 1.66. The standard InChI is InChI=1S/C24H21N3O/c1-15-8-10-17(11-9-15)19-12-21-20(22(28)13-19)14-25-24-23(16(2)26-27(21)24)18-6-4-3-5-7-18/h3-11,14,19H,12-13H2,1-2H3/t19-/m1/s1. The van der Waals surface area contributed by atoms with Crippen molar-refractivity contribution in [2.24, 2.45) is 0 Å². The summed E-state index contributed by atoms with van der Waals surface area (Å²) in [7, 11) is 0. The molecular formula is C24H21N3O. The Morgan fingerprint density at radius 1 is 0.964 bits per heavy atom. The van der Waals surface area contributed by atoms with Crippen LogP contribution in [-0.4, -0.2) is 20.4 Å². The van der Waals surface area contributed by atoms with Gasteiger partial charge in [0.15, 0.2) is 11.4 Å². The third-order valence-corrected chi connectivity index (χ3v) is 5.70. The minimum atomic E-state index is 0.149. The lowest BCUT2D eigenvalue weighted by Gasteiger charge is -2.24. The summed E-state index contributed by atoms with van der Waals surface area (Å²) in [5, 5.41) is 4.78. The van der Waals surface area contributed by atoms with Crippen LogP contribution >= 0.6 is 0 Å². The van der Waals surface area contributed by atoms with Crippen molar-refractivity contribution >= 4 is 11.4 Å². The predicted octanol–water partition coefficient (Wildman–Crippen LogP) is 4.93. The van der Waals surface area contributed by atoms with E-state index in [9.17, 15) is 4.79 Å². The molecule has 0 unspecified atom stereocenters. The van der Waals surface area contributed by atoms with Gasteiger partial charge in [-0.05, 0) is 37.3 Å². The normalized spacial score (nSPS) is 16.4. The summed E-state index contributed by atoms with van der Waals surface area (Å²) in [5.41, 5.74) is 8.00. The molecule has 0 saturated carbocycles. The van der Waals surface area contributed by atoms with Gasteiger partial charge < -0.3 is 0 Å². The molecule has 0 spiro atoms. The zero-order chi connectivity index (χ0) is 19.3. The molecule has 1 aliphatic rings. The monoisotopic (exact) mass is 367 g/mol. The van der Waals surface area contributed by atoms with Crippen LogP contribution in [0.3, 0.4) is 0 Å². The Labute approximate surface area is 163 Å². The van der Waals surface area contributed by atoms with Gasteiger partial charge in [0.1, 0.15) is 0 Å². The number of aryl methyl sites for hydroxylation is 2. The first-order valence-corrected chi connectivity index (χ1v) is 9.64. The van der Waals surface area contributed by atoms with E-state index in [-0.39, 0.29) is 11.7 Å². The van der Waals surface area contributed by atoms with Crippen LogP contribution in [0.15, 0.2) is 60.8 Å². The molecule has 4 nitrogen and oxygen atoms in total. The van der Waals surface area contributed by atoms with E-state index in [2.05, 4.69) is 48.3 Å². The number of carbonyl (C=O) groups excluding carboxylic acids is 1. The van der Waals surface area contributed by atoms with Gasteiger partial charge in [-0.1, -0.05) is 60.2 Å². The lowest BCUT2D eigenvalue weighted by Crippen LogP contribution is -2.22. The SMILES string of the molecule is Cc1ccc([C@H]2CC(=O)c3cnc4c(-c5ccccc5)c(C)nn4c3C2)cc1. The fourth-order valence-corrected chi connectivity index (χ4v) is 4.22. The lowest BCUT2D eigenvalue weighted by atomic mass is 9.82. The number of fused-ring (bicyclic) bond motifs is 3. The Bertz CT molecular complexity index is 1190. The van der Waals surface area contributed by atoms with Gasteiger partial charge in [0.2, 0.25) is 0 Å². The molecular weight excluding hydrogens is 346 g/mol. The Morgan fingerprint density at radius 3 is 2.46 bits per heavy atom. The van der Waals surface area contributed by atoms with Gasteiger partial charge in [0.05, 0.1) is 17.0 Å². The number of hydrogen-bond donors (Lipinski definition) is 0. The van der Waals surface area contributed by atoms with E-state index in [1.165, 1.54) is 11.1 Å². The van der Waals surface area contributed by atoms with Gasteiger partial charge in [-0.2, -0.15) is 5.10 Å². The molecule has 1 aliphatic carbocycles. The fraction of sp³-hybridized carbons (Fsp3) is 0.208. The molecule has 28 heavy (non-hydrogen) atoms. The minimum Gasteiger partial charge on any atom is -0.294 e. The maximum absolute atomic E-state index is 12.9. The van der Waals surface area contributed by atoms with E-state index in [4.69, 9.17) is 5.10 Å². The summed E-state index contributed by atoms with van der Waals surface area (Å²) in [6.45, 7) is 4.09. The van der Waals surface area contributed by atoms with Crippen LogP contribution < -0.4 is 0 Å². The number of aromatic nitrogens is 3. The Kier molecular flexibility index (Phi) is 3.86. The van der Waals surface area contributed by atoms with Gasteiger partial charge in [-0.25, -0.2) is 9.50 Å². The average Bonchev–Trinajstić information content (AvgIpc) is 3.05. The molecule has 4 aromatic rings. The summed E-state index contributed by atoms with van der Waals surface area (Å²) in [5.74, 6) is 0.325. The van der Waals surface area contributed by atoms with E-state index in [0.29, 0.717) is 12.0 Å². The van der Waals surface area contributed by atoms with Crippen LogP contribution in [-0.2, 0) is 6.42 Å².